The van der Waals surface area contributed by atoms with Crippen LogP contribution in [0.15, 0.2) is 41.8 Å². The maximum absolute atomic E-state index is 15.2. The Morgan fingerprint density at radius 3 is 2.11 bits per heavy atom. The van der Waals surface area contributed by atoms with Crippen molar-refractivity contribution in [1.29, 1.82) is 0 Å². The van der Waals surface area contributed by atoms with E-state index in [0.717, 1.165) is 49.8 Å². The average molecular weight is 905 g/mol. The van der Waals surface area contributed by atoms with Crippen LogP contribution in [0.25, 0.3) is 10.9 Å². The first kappa shape index (κ1) is 48.6. The van der Waals surface area contributed by atoms with Crippen molar-refractivity contribution < 1.29 is 76.4 Å². The summed E-state index contributed by atoms with van der Waals surface area (Å²) in [6.07, 6.45) is 9.66. The highest BCUT2D eigenvalue weighted by Crippen LogP contribution is 2.67. The number of amides is 1. The standard InChI is InChI=1S/C38H56FN5O15P2/c39-33-22-31-34(23-35(33)43-10-2-1-3-11-43)44(28-4-5-28)25-32(36(31)47)37(48)40-9-15-57-17-19-59-21-20-58-18-16-56-14-8-29(45)6-7-30(46)24-41-12-13-42(27-41)26-38(49,60(50,51)52)61(53,54)55/h12-13,22-23,25,27-28,30,46,49H,1-11,14-21,24,26H2,(H4-,40,48,50,51,52,53,54,55)/p+1. The molecule has 1 saturated carbocycles. The molecule has 3 aromatic rings. The highest BCUT2D eigenvalue weighted by atomic mass is 31.2. The smallest absolute Gasteiger partial charge is 0.373 e. The zero-order valence-corrected chi connectivity index (χ0v) is 35.7. The average Bonchev–Trinajstić information content (AvgIpc) is 3.97. The molecule has 0 radical (unpaired) electrons. The number of aliphatic hydroxyl groups is 2. The molecule has 1 atom stereocenters. The number of anilines is 1. The summed E-state index contributed by atoms with van der Waals surface area (Å²) in [5, 5.41) is 19.7. The molecule has 2 aromatic heterocycles. The molecule has 20 nitrogen and oxygen atoms in total. The molecule has 1 aromatic carbocycles. The maximum Gasteiger partial charge on any atom is 0.373 e. The molecule has 23 heteroatoms. The summed E-state index contributed by atoms with van der Waals surface area (Å²) in [6, 6.07) is 3.20. The topological polar surface area (TPSA) is 273 Å². The summed E-state index contributed by atoms with van der Waals surface area (Å²) >= 11 is 0. The summed E-state index contributed by atoms with van der Waals surface area (Å²) in [4.78, 5) is 77.9. The fourth-order valence-electron chi connectivity index (χ4n) is 6.86. The van der Waals surface area contributed by atoms with E-state index in [-0.39, 0.29) is 88.2 Å². The molecule has 1 unspecified atom stereocenters. The number of nitrogens with zero attached hydrogens (tertiary/aromatic N) is 4. The summed E-state index contributed by atoms with van der Waals surface area (Å²) in [5.41, 5.74) is 0.615. The predicted octanol–water partition coefficient (Wildman–Crippen LogP) is 1.15. The van der Waals surface area contributed by atoms with E-state index in [0.29, 0.717) is 31.0 Å². The van der Waals surface area contributed by atoms with Crippen LogP contribution in [-0.2, 0) is 46.0 Å². The van der Waals surface area contributed by atoms with Crippen molar-refractivity contribution in [2.24, 2.45) is 0 Å². The Morgan fingerprint density at radius 2 is 1.51 bits per heavy atom. The summed E-state index contributed by atoms with van der Waals surface area (Å²) in [6.45, 7) is 2.65. The lowest BCUT2D eigenvalue weighted by Crippen LogP contribution is -2.46. The monoisotopic (exact) mass is 904 g/mol. The van der Waals surface area contributed by atoms with Crippen LogP contribution in [0.5, 0.6) is 0 Å². The molecule has 3 heterocycles. The van der Waals surface area contributed by atoms with Gasteiger partial charge in [-0.2, -0.15) is 0 Å². The first-order valence-corrected chi connectivity index (χ1v) is 23.5. The normalized spacial score (nSPS) is 15.7. The van der Waals surface area contributed by atoms with Crippen molar-refractivity contribution in [2.75, 3.05) is 77.4 Å². The lowest BCUT2D eigenvalue weighted by Gasteiger charge is -2.29. The molecule has 1 saturated heterocycles. The number of halogens is 1. The van der Waals surface area contributed by atoms with Crippen LogP contribution >= 0.6 is 15.2 Å². The molecule has 2 fully saturated rings. The zero-order valence-electron chi connectivity index (χ0n) is 33.9. The number of piperidine rings is 1. The van der Waals surface area contributed by atoms with Crippen molar-refractivity contribution >= 4 is 43.5 Å². The number of hydrogen-bond donors (Lipinski definition) is 7. The second-order valence-electron chi connectivity index (χ2n) is 15.2. The van der Waals surface area contributed by atoms with E-state index in [4.69, 9.17) is 18.9 Å². The van der Waals surface area contributed by atoms with Crippen molar-refractivity contribution in [1.82, 2.24) is 14.5 Å². The van der Waals surface area contributed by atoms with E-state index >= 15 is 4.39 Å². The van der Waals surface area contributed by atoms with E-state index in [2.05, 4.69) is 5.32 Å². The van der Waals surface area contributed by atoms with Crippen molar-refractivity contribution in [3.63, 3.8) is 0 Å². The Labute approximate surface area is 351 Å². The Hall–Kier alpha value is -3.43. The van der Waals surface area contributed by atoms with Gasteiger partial charge in [-0.05, 0) is 50.7 Å². The van der Waals surface area contributed by atoms with Crippen molar-refractivity contribution in [3.8, 4) is 0 Å². The third-order valence-electron chi connectivity index (χ3n) is 10.4. The highest BCUT2D eigenvalue weighted by molar-refractivity contribution is 7.72. The largest absolute Gasteiger partial charge is 0.389 e. The van der Waals surface area contributed by atoms with E-state index in [9.17, 15) is 53.3 Å². The Balaban J connectivity index is 0.868. The summed E-state index contributed by atoms with van der Waals surface area (Å²) < 4.78 is 64.6. The van der Waals surface area contributed by atoms with Crippen molar-refractivity contribution in [3.05, 3.63) is 58.7 Å². The fraction of sp³-hybridized carbons (Fsp3) is 0.632. The number of fused-ring (bicyclic) bond motifs is 1. The molecule has 7 N–H and O–H groups in total. The highest BCUT2D eigenvalue weighted by Gasteiger charge is 2.61. The number of pyridine rings is 1. The molecular weight excluding hydrogens is 847 g/mol. The molecule has 61 heavy (non-hydrogen) atoms. The van der Waals surface area contributed by atoms with Crippen LogP contribution in [0, 0.1) is 5.82 Å². The number of carbonyl (C=O) groups is 2. The number of aromatic nitrogens is 3. The summed E-state index contributed by atoms with van der Waals surface area (Å²) in [5.74, 6) is -1.14. The molecule has 2 aliphatic rings. The molecule has 340 valence electrons. The van der Waals surface area contributed by atoms with Gasteiger partial charge in [0.1, 0.15) is 42.6 Å². The van der Waals surface area contributed by atoms with Gasteiger partial charge in [-0.1, -0.05) is 0 Å². The number of carbonyl (C=O) groups excluding carboxylic acids is 2. The lowest BCUT2D eigenvalue weighted by molar-refractivity contribution is -0.703. The number of rotatable bonds is 27. The molecule has 0 bridgehead atoms. The number of ether oxygens (including phenoxy) is 4. The Bertz CT molecular complexity index is 2070. The Morgan fingerprint density at radius 1 is 0.902 bits per heavy atom. The maximum atomic E-state index is 15.2. The van der Waals surface area contributed by atoms with Crippen LogP contribution in [0.4, 0.5) is 10.1 Å². The molecule has 1 aliphatic carbocycles. The van der Waals surface area contributed by atoms with E-state index < -0.39 is 50.1 Å². The SMILES string of the molecule is O=C(CCOCCOCCOCCOCCNC(=O)c1cn(C2CC2)c2cc(N3CCCCC3)c(F)cc2c1=O)CCC(O)Cn1cc[n+](CC(O)(P(=O)(O)O)P(=O)(O)O)c1. The van der Waals surface area contributed by atoms with Gasteiger partial charge >= 0.3 is 20.3 Å². The molecular formula is C38H57FN5O15P2+. The predicted molar refractivity (Wildman–Crippen MR) is 217 cm³/mol. The number of benzene rings is 1. The first-order valence-electron chi connectivity index (χ1n) is 20.3. The lowest BCUT2D eigenvalue weighted by atomic mass is 10.1. The number of hydrogen-bond acceptors (Lipinski definition) is 12. The van der Waals surface area contributed by atoms with Crippen LogP contribution in [0.1, 0.15) is 67.8 Å². The number of aliphatic hydroxyl groups excluding tert-OH is 1. The van der Waals surface area contributed by atoms with Gasteiger partial charge in [0, 0.05) is 50.1 Å². The van der Waals surface area contributed by atoms with Crippen LogP contribution < -0.4 is 20.2 Å². The zero-order chi connectivity index (χ0) is 44.2. The van der Waals surface area contributed by atoms with Crippen LogP contribution in [0.3, 0.4) is 0 Å². The number of ketones is 1. The van der Waals surface area contributed by atoms with E-state index in [1.807, 2.05) is 9.47 Å². The van der Waals surface area contributed by atoms with Crippen LogP contribution in [-0.4, -0.2) is 134 Å². The number of Topliss-reactive ketones (excluding diaryl/α,β-unsaturated/α-hetero) is 1. The van der Waals surface area contributed by atoms with Crippen molar-refractivity contribution in [2.45, 2.75) is 81.7 Å². The minimum Gasteiger partial charge on any atom is -0.389 e. The third kappa shape index (κ3) is 13.8. The Kier molecular flexibility index (Phi) is 17.7. The van der Waals surface area contributed by atoms with E-state index in [1.165, 1.54) is 29.4 Å². The van der Waals surface area contributed by atoms with Gasteiger partial charge in [0.2, 0.25) is 11.8 Å². The first-order chi connectivity index (χ1) is 29.0. The second kappa shape index (κ2) is 22.3. The van der Waals surface area contributed by atoms with Gasteiger partial charge in [-0.25, -0.2) is 13.5 Å². The number of imidazole rings is 1. The van der Waals surface area contributed by atoms with Crippen LogP contribution in [0.2, 0.25) is 0 Å². The van der Waals surface area contributed by atoms with Gasteiger partial charge in [-0.15, -0.1) is 0 Å². The molecule has 1 aliphatic heterocycles. The number of nitrogens with one attached hydrogen (secondary N) is 1. The van der Waals surface area contributed by atoms with Gasteiger partial charge in [0.05, 0.1) is 70.2 Å². The molecule has 5 rings (SSSR count). The van der Waals surface area contributed by atoms with Gasteiger partial charge in [0.25, 0.3) is 5.91 Å². The molecule has 0 spiro atoms. The third-order valence-corrected chi connectivity index (χ3v) is 14.1. The fourth-order valence-corrected chi connectivity index (χ4v) is 8.91. The molecule has 1 amide bonds. The minimum absolute atomic E-state index is 0.0289. The quantitative estimate of drug-likeness (QED) is 0.0321. The van der Waals surface area contributed by atoms with E-state index in [1.54, 1.807) is 12.3 Å². The van der Waals surface area contributed by atoms with Gasteiger partial charge < -0.3 is 63.5 Å². The van der Waals surface area contributed by atoms with Gasteiger partial charge in [0.15, 0.2) is 0 Å². The second-order valence-corrected chi connectivity index (χ2v) is 19.2. The summed E-state index contributed by atoms with van der Waals surface area (Å²) in [7, 11) is -11.3. The minimum atomic E-state index is -5.63. The van der Waals surface area contributed by atoms with Gasteiger partial charge in [-0.3, -0.25) is 23.5 Å².